The lowest BCUT2D eigenvalue weighted by molar-refractivity contribution is 0.739. The van der Waals surface area contributed by atoms with Crippen LogP contribution in [0.4, 0.5) is 0 Å². The number of hydrogen-bond donors (Lipinski definition) is 1. The molecule has 0 aliphatic rings. The lowest BCUT2D eigenvalue weighted by Crippen LogP contribution is -2.23. The molecule has 0 saturated heterocycles. The van der Waals surface area contributed by atoms with E-state index >= 15 is 0 Å². The van der Waals surface area contributed by atoms with Crippen LogP contribution >= 0.6 is 12.2 Å². The van der Waals surface area contributed by atoms with Gasteiger partial charge >= 0.3 is 0 Å². The third kappa shape index (κ3) is 1.99. The number of rotatable bonds is 2. The van der Waals surface area contributed by atoms with E-state index in [0.717, 1.165) is 15.7 Å². The van der Waals surface area contributed by atoms with Gasteiger partial charge in [0.15, 0.2) is 5.65 Å². The monoisotopic (exact) mass is 219 g/mol. The zero-order valence-electron chi connectivity index (χ0n) is 8.77. The maximum absolute atomic E-state index is 5.26. The lowest BCUT2D eigenvalue weighted by atomic mass is 10.3. The Morgan fingerprint density at radius 3 is 2.87 bits per heavy atom. The molecule has 0 atom stereocenters. The maximum Gasteiger partial charge on any atom is 0.159 e. The highest BCUT2D eigenvalue weighted by atomic mass is 32.1. The molecule has 0 spiro atoms. The summed E-state index contributed by atoms with van der Waals surface area (Å²) in [7, 11) is 0. The quantitative estimate of drug-likeness (QED) is 0.788. The SMILES string of the molecule is CC(C)Nn1c(=S)ccc2cccnc21. The van der Waals surface area contributed by atoms with Gasteiger partial charge < -0.3 is 5.43 Å². The topological polar surface area (TPSA) is 29.9 Å². The van der Waals surface area contributed by atoms with Crippen molar-refractivity contribution in [3.8, 4) is 0 Å². The average molecular weight is 219 g/mol. The third-order valence-electron chi connectivity index (χ3n) is 2.04. The maximum atomic E-state index is 5.26. The van der Waals surface area contributed by atoms with Crippen LogP contribution in [-0.2, 0) is 0 Å². The van der Waals surface area contributed by atoms with Crippen LogP contribution in [0.1, 0.15) is 13.8 Å². The highest BCUT2D eigenvalue weighted by Crippen LogP contribution is 2.10. The fourth-order valence-electron chi connectivity index (χ4n) is 1.45. The Morgan fingerprint density at radius 1 is 1.33 bits per heavy atom. The van der Waals surface area contributed by atoms with Crippen molar-refractivity contribution in [2.45, 2.75) is 19.9 Å². The number of hydrogen-bond acceptors (Lipinski definition) is 3. The highest BCUT2D eigenvalue weighted by Gasteiger charge is 2.01. The van der Waals surface area contributed by atoms with Gasteiger partial charge in [0.1, 0.15) is 4.64 Å². The van der Waals surface area contributed by atoms with Gasteiger partial charge in [0.2, 0.25) is 0 Å². The molecular formula is C11H13N3S. The fourth-order valence-corrected chi connectivity index (χ4v) is 1.66. The van der Waals surface area contributed by atoms with Crippen molar-refractivity contribution in [1.82, 2.24) is 9.66 Å². The molecule has 0 saturated carbocycles. The normalized spacial score (nSPS) is 10.9. The van der Waals surface area contributed by atoms with Gasteiger partial charge in [-0.25, -0.2) is 9.66 Å². The molecule has 0 amide bonds. The summed E-state index contributed by atoms with van der Waals surface area (Å²) >= 11 is 5.26. The molecule has 1 N–H and O–H groups in total. The number of fused-ring (bicyclic) bond motifs is 1. The van der Waals surface area contributed by atoms with E-state index in [1.54, 1.807) is 6.20 Å². The van der Waals surface area contributed by atoms with Gasteiger partial charge in [-0.05, 0) is 38.1 Å². The van der Waals surface area contributed by atoms with Crippen LogP contribution in [0.15, 0.2) is 30.5 Å². The molecule has 3 nitrogen and oxygen atoms in total. The van der Waals surface area contributed by atoms with E-state index in [0.29, 0.717) is 6.04 Å². The van der Waals surface area contributed by atoms with E-state index in [1.165, 1.54) is 0 Å². The summed E-state index contributed by atoms with van der Waals surface area (Å²) in [5.74, 6) is 0. The van der Waals surface area contributed by atoms with Gasteiger partial charge in [-0.15, -0.1) is 0 Å². The van der Waals surface area contributed by atoms with Crippen molar-refractivity contribution in [3.63, 3.8) is 0 Å². The fraction of sp³-hybridized carbons (Fsp3) is 0.273. The number of nitrogens with zero attached hydrogens (tertiary/aromatic N) is 2. The van der Waals surface area contributed by atoms with Crippen molar-refractivity contribution >= 4 is 23.3 Å². The number of nitrogens with one attached hydrogen (secondary N) is 1. The van der Waals surface area contributed by atoms with E-state index < -0.39 is 0 Å². The Hall–Kier alpha value is -1.42. The number of pyridine rings is 2. The average Bonchev–Trinajstić information content (AvgIpc) is 2.22. The molecule has 2 heterocycles. The smallest absolute Gasteiger partial charge is 0.159 e. The van der Waals surface area contributed by atoms with E-state index in [4.69, 9.17) is 12.2 Å². The van der Waals surface area contributed by atoms with Gasteiger partial charge in [0.25, 0.3) is 0 Å². The number of aromatic nitrogens is 2. The second kappa shape index (κ2) is 3.98. The lowest BCUT2D eigenvalue weighted by Gasteiger charge is -2.15. The van der Waals surface area contributed by atoms with Crippen molar-refractivity contribution in [2.75, 3.05) is 5.43 Å². The standard InChI is InChI=1S/C11H13N3S/c1-8(2)13-14-10(15)6-5-9-4-3-7-12-11(9)14/h3-8,13H,1-2H3. The molecule has 4 heteroatoms. The van der Waals surface area contributed by atoms with E-state index in [2.05, 4.69) is 24.3 Å². The van der Waals surface area contributed by atoms with Crippen LogP contribution in [0.2, 0.25) is 0 Å². The summed E-state index contributed by atoms with van der Waals surface area (Å²) in [4.78, 5) is 4.33. The van der Waals surface area contributed by atoms with Crippen LogP contribution < -0.4 is 5.43 Å². The van der Waals surface area contributed by atoms with E-state index in [9.17, 15) is 0 Å². The van der Waals surface area contributed by atoms with E-state index in [1.807, 2.05) is 28.9 Å². The molecular weight excluding hydrogens is 206 g/mol. The predicted molar refractivity (Wildman–Crippen MR) is 65.1 cm³/mol. The molecule has 78 valence electrons. The summed E-state index contributed by atoms with van der Waals surface area (Å²) in [6.07, 6.45) is 1.77. The Balaban J connectivity index is 2.68. The zero-order chi connectivity index (χ0) is 10.8. The highest BCUT2D eigenvalue weighted by molar-refractivity contribution is 7.71. The molecule has 0 aromatic carbocycles. The Kier molecular flexibility index (Phi) is 2.68. The first-order chi connectivity index (χ1) is 7.18. The van der Waals surface area contributed by atoms with Crippen molar-refractivity contribution in [3.05, 3.63) is 35.1 Å². The Labute approximate surface area is 93.7 Å². The van der Waals surface area contributed by atoms with Gasteiger partial charge in [0, 0.05) is 17.6 Å². The molecule has 0 aliphatic carbocycles. The van der Waals surface area contributed by atoms with Gasteiger partial charge in [0.05, 0.1) is 0 Å². The van der Waals surface area contributed by atoms with Gasteiger partial charge in [-0.3, -0.25) is 0 Å². The van der Waals surface area contributed by atoms with Crippen molar-refractivity contribution < 1.29 is 0 Å². The molecule has 0 aliphatic heterocycles. The summed E-state index contributed by atoms with van der Waals surface area (Å²) in [5.41, 5.74) is 4.14. The predicted octanol–water partition coefficient (Wildman–Crippen LogP) is 2.72. The minimum Gasteiger partial charge on any atom is -0.321 e. The molecule has 0 unspecified atom stereocenters. The van der Waals surface area contributed by atoms with Crippen LogP contribution in [-0.4, -0.2) is 15.7 Å². The summed E-state index contributed by atoms with van der Waals surface area (Å²) in [6.45, 7) is 4.15. The van der Waals surface area contributed by atoms with Crippen LogP contribution in [0.3, 0.4) is 0 Å². The van der Waals surface area contributed by atoms with Crippen molar-refractivity contribution in [1.29, 1.82) is 0 Å². The first-order valence-corrected chi connectivity index (χ1v) is 5.32. The second-order valence-electron chi connectivity index (χ2n) is 3.71. The van der Waals surface area contributed by atoms with E-state index in [-0.39, 0.29) is 0 Å². The minimum atomic E-state index is 0.323. The molecule has 0 bridgehead atoms. The molecule has 2 aromatic rings. The molecule has 15 heavy (non-hydrogen) atoms. The first kappa shape index (κ1) is 10.1. The Morgan fingerprint density at radius 2 is 2.13 bits per heavy atom. The van der Waals surface area contributed by atoms with Crippen LogP contribution in [0.25, 0.3) is 11.0 Å². The minimum absolute atomic E-state index is 0.323. The van der Waals surface area contributed by atoms with Crippen LogP contribution in [0, 0.1) is 4.64 Å². The third-order valence-corrected chi connectivity index (χ3v) is 2.36. The van der Waals surface area contributed by atoms with Gasteiger partial charge in [-0.2, -0.15) is 0 Å². The second-order valence-corrected chi connectivity index (χ2v) is 4.13. The summed E-state index contributed by atoms with van der Waals surface area (Å²) in [5, 5.41) is 1.08. The Bertz CT molecular complexity index is 531. The summed E-state index contributed by atoms with van der Waals surface area (Å²) < 4.78 is 2.60. The molecule has 0 radical (unpaired) electrons. The van der Waals surface area contributed by atoms with Crippen LogP contribution in [0.5, 0.6) is 0 Å². The molecule has 0 fully saturated rings. The first-order valence-electron chi connectivity index (χ1n) is 4.92. The van der Waals surface area contributed by atoms with Gasteiger partial charge in [-0.1, -0.05) is 12.2 Å². The molecule has 2 rings (SSSR count). The molecule has 2 aromatic heterocycles. The largest absolute Gasteiger partial charge is 0.321 e. The van der Waals surface area contributed by atoms with Crippen molar-refractivity contribution in [2.24, 2.45) is 0 Å². The zero-order valence-corrected chi connectivity index (χ0v) is 9.58. The summed E-state index contributed by atoms with van der Waals surface area (Å²) in [6, 6.07) is 8.17.